The lowest BCUT2D eigenvalue weighted by Gasteiger charge is -2.09. The molecule has 1 amide bonds. The fourth-order valence-electron chi connectivity index (χ4n) is 1.46. The molecule has 0 radical (unpaired) electrons. The number of thioether (sulfide) groups is 1. The molecule has 1 aliphatic rings. The maximum absolute atomic E-state index is 11.7. The molecule has 0 unspecified atom stereocenters. The molecule has 0 aromatic heterocycles. The van der Waals surface area contributed by atoms with E-state index in [1.165, 1.54) is 11.8 Å². The van der Waals surface area contributed by atoms with Crippen LogP contribution in [0.1, 0.15) is 16.8 Å². The molecule has 1 aromatic carbocycles. The SMILES string of the molecule is O=C(N[C@H]1CCSC1=O)c1ccccc1. The van der Waals surface area contributed by atoms with Gasteiger partial charge in [0.1, 0.15) is 0 Å². The highest BCUT2D eigenvalue weighted by atomic mass is 32.2. The molecule has 1 aromatic rings. The molecule has 2 rings (SSSR count). The second-order valence-corrected chi connectivity index (χ2v) is 4.45. The Morgan fingerprint density at radius 1 is 1.33 bits per heavy atom. The first-order valence-electron chi connectivity index (χ1n) is 4.80. The second kappa shape index (κ2) is 4.49. The summed E-state index contributed by atoms with van der Waals surface area (Å²) in [6, 6.07) is 8.64. The standard InChI is InChI=1S/C11H11NO2S/c13-10(8-4-2-1-3-5-8)12-9-6-7-15-11(9)14/h1-5,9H,6-7H2,(H,12,13)/t9-/m0/s1. The summed E-state index contributed by atoms with van der Waals surface area (Å²) in [4.78, 5) is 23.0. The van der Waals surface area contributed by atoms with Gasteiger partial charge in [0, 0.05) is 11.3 Å². The number of carbonyl (C=O) groups excluding carboxylic acids is 2. The van der Waals surface area contributed by atoms with Crippen LogP contribution in [0.15, 0.2) is 30.3 Å². The largest absolute Gasteiger partial charge is 0.341 e. The third kappa shape index (κ3) is 2.39. The van der Waals surface area contributed by atoms with E-state index in [4.69, 9.17) is 0 Å². The van der Waals surface area contributed by atoms with E-state index in [1.54, 1.807) is 24.3 Å². The Morgan fingerprint density at radius 3 is 2.67 bits per heavy atom. The van der Waals surface area contributed by atoms with E-state index < -0.39 is 0 Å². The van der Waals surface area contributed by atoms with Crippen molar-refractivity contribution in [1.82, 2.24) is 5.32 Å². The van der Waals surface area contributed by atoms with Crippen LogP contribution in [0.5, 0.6) is 0 Å². The van der Waals surface area contributed by atoms with E-state index in [2.05, 4.69) is 5.32 Å². The van der Waals surface area contributed by atoms with E-state index in [9.17, 15) is 9.59 Å². The van der Waals surface area contributed by atoms with Gasteiger partial charge in [0.25, 0.3) is 5.91 Å². The van der Waals surface area contributed by atoms with Crippen molar-refractivity contribution < 1.29 is 9.59 Å². The molecular formula is C11H11NO2S. The summed E-state index contributed by atoms with van der Waals surface area (Å²) in [5, 5.41) is 2.80. The molecule has 1 N–H and O–H groups in total. The average molecular weight is 221 g/mol. The van der Waals surface area contributed by atoms with Crippen molar-refractivity contribution in [3.8, 4) is 0 Å². The molecular weight excluding hydrogens is 210 g/mol. The lowest BCUT2D eigenvalue weighted by Crippen LogP contribution is -2.37. The summed E-state index contributed by atoms with van der Waals surface area (Å²) in [5.41, 5.74) is 0.599. The summed E-state index contributed by atoms with van der Waals surface area (Å²) >= 11 is 1.29. The monoisotopic (exact) mass is 221 g/mol. The maximum Gasteiger partial charge on any atom is 0.251 e. The van der Waals surface area contributed by atoms with Gasteiger partial charge < -0.3 is 5.32 Å². The van der Waals surface area contributed by atoms with Crippen molar-refractivity contribution in [2.45, 2.75) is 12.5 Å². The Kier molecular flexibility index (Phi) is 3.06. The highest BCUT2D eigenvalue weighted by Crippen LogP contribution is 2.19. The fraction of sp³-hybridized carbons (Fsp3) is 0.273. The molecule has 0 aliphatic carbocycles. The topological polar surface area (TPSA) is 46.2 Å². The first-order valence-corrected chi connectivity index (χ1v) is 5.78. The van der Waals surface area contributed by atoms with E-state index in [-0.39, 0.29) is 17.1 Å². The number of benzene rings is 1. The predicted molar refractivity (Wildman–Crippen MR) is 59.8 cm³/mol. The summed E-state index contributed by atoms with van der Waals surface area (Å²) in [5.74, 6) is 0.634. The summed E-state index contributed by atoms with van der Waals surface area (Å²) in [6.45, 7) is 0. The van der Waals surface area contributed by atoms with Gasteiger partial charge >= 0.3 is 0 Å². The molecule has 4 heteroatoms. The van der Waals surface area contributed by atoms with Crippen LogP contribution >= 0.6 is 11.8 Å². The Bertz CT molecular complexity index is 377. The second-order valence-electron chi connectivity index (χ2n) is 3.35. The fourth-order valence-corrected chi connectivity index (χ4v) is 2.39. The number of amides is 1. The molecule has 0 bridgehead atoms. The zero-order valence-corrected chi connectivity index (χ0v) is 8.92. The highest BCUT2D eigenvalue weighted by Gasteiger charge is 2.26. The maximum atomic E-state index is 11.7. The van der Waals surface area contributed by atoms with Gasteiger partial charge in [-0.15, -0.1) is 0 Å². The van der Waals surface area contributed by atoms with Crippen molar-refractivity contribution in [1.29, 1.82) is 0 Å². The summed E-state index contributed by atoms with van der Waals surface area (Å²) in [7, 11) is 0. The number of hydrogen-bond donors (Lipinski definition) is 1. The number of hydrogen-bond acceptors (Lipinski definition) is 3. The average Bonchev–Trinajstić information content (AvgIpc) is 2.66. The smallest absolute Gasteiger partial charge is 0.251 e. The molecule has 1 fully saturated rings. The van der Waals surface area contributed by atoms with Crippen molar-refractivity contribution in [3.05, 3.63) is 35.9 Å². The quantitative estimate of drug-likeness (QED) is 0.822. The van der Waals surface area contributed by atoms with Gasteiger partial charge in [-0.1, -0.05) is 30.0 Å². The van der Waals surface area contributed by atoms with E-state index in [0.717, 1.165) is 12.2 Å². The first-order chi connectivity index (χ1) is 7.27. The minimum atomic E-state index is -0.303. The van der Waals surface area contributed by atoms with Gasteiger partial charge in [-0.05, 0) is 18.6 Å². The van der Waals surface area contributed by atoms with Crippen LogP contribution in [0.3, 0.4) is 0 Å². The molecule has 1 atom stereocenters. The van der Waals surface area contributed by atoms with E-state index in [0.29, 0.717) is 5.56 Å². The zero-order chi connectivity index (χ0) is 10.7. The van der Waals surface area contributed by atoms with Crippen molar-refractivity contribution in [2.75, 3.05) is 5.75 Å². The molecule has 1 aliphatic heterocycles. The van der Waals surface area contributed by atoms with Crippen LogP contribution in [0.4, 0.5) is 0 Å². The van der Waals surface area contributed by atoms with E-state index >= 15 is 0 Å². The van der Waals surface area contributed by atoms with Gasteiger partial charge in [0.2, 0.25) is 5.12 Å². The molecule has 15 heavy (non-hydrogen) atoms. The Hall–Kier alpha value is -1.29. The predicted octanol–water partition coefficient (Wildman–Crippen LogP) is 1.45. The molecule has 3 nitrogen and oxygen atoms in total. The Morgan fingerprint density at radius 2 is 2.07 bits per heavy atom. The molecule has 0 spiro atoms. The third-order valence-corrected chi connectivity index (χ3v) is 3.29. The lowest BCUT2D eigenvalue weighted by atomic mass is 10.2. The summed E-state index contributed by atoms with van der Waals surface area (Å²) in [6.07, 6.45) is 0.738. The Labute approximate surface area is 92.2 Å². The third-order valence-electron chi connectivity index (χ3n) is 2.28. The Balaban J connectivity index is 2.01. The van der Waals surface area contributed by atoms with Crippen molar-refractivity contribution >= 4 is 22.8 Å². The molecule has 1 heterocycles. The van der Waals surface area contributed by atoms with Gasteiger partial charge in [0.05, 0.1) is 6.04 Å². The lowest BCUT2D eigenvalue weighted by molar-refractivity contribution is -0.112. The van der Waals surface area contributed by atoms with Crippen LogP contribution in [0.2, 0.25) is 0 Å². The van der Waals surface area contributed by atoms with Crippen LogP contribution in [-0.2, 0) is 4.79 Å². The van der Waals surface area contributed by atoms with Gasteiger partial charge in [-0.25, -0.2) is 0 Å². The van der Waals surface area contributed by atoms with Crippen LogP contribution in [0, 0.1) is 0 Å². The molecule has 0 saturated carbocycles. The van der Waals surface area contributed by atoms with Gasteiger partial charge in [0.15, 0.2) is 0 Å². The minimum absolute atomic E-state index is 0.0688. The number of carbonyl (C=O) groups is 2. The van der Waals surface area contributed by atoms with E-state index in [1.807, 2.05) is 6.07 Å². The molecule has 1 saturated heterocycles. The van der Waals surface area contributed by atoms with Gasteiger partial charge in [-0.3, -0.25) is 9.59 Å². The first kappa shape index (κ1) is 10.2. The normalized spacial score (nSPS) is 20.3. The van der Waals surface area contributed by atoms with Crippen molar-refractivity contribution in [2.24, 2.45) is 0 Å². The highest BCUT2D eigenvalue weighted by molar-refractivity contribution is 8.14. The van der Waals surface area contributed by atoms with Crippen LogP contribution in [0.25, 0.3) is 0 Å². The number of nitrogens with one attached hydrogen (secondary N) is 1. The minimum Gasteiger partial charge on any atom is -0.341 e. The summed E-state index contributed by atoms with van der Waals surface area (Å²) < 4.78 is 0. The van der Waals surface area contributed by atoms with Gasteiger partial charge in [-0.2, -0.15) is 0 Å². The van der Waals surface area contributed by atoms with Crippen LogP contribution in [-0.4, -0.2) is 22.8 Å². The number of rotatable bonds is 2. The van der Waals surface area contributed by atoms with Crippen molar-refractivity contribution in [3.63, 3.8) is 0 Å². The van der Waals surface area contributed by atoms with Crippen LogP contribution < -0.4 is 5.32 Å². The zero-order valence-electron chi connectivity index (χ0n) is 8.10. The molecule has 78 valence electrons.